The van der Waals surface area contributed by atoms with Crippen molar-refractivity contribution in [1.82, 2.24) is 5.32 Å². The van der Waals surface area contributed by atoms with Gasteiger partial charge < -0.3 is 0 Å². The summed E-state index contributed by atoms with van der Waals surface area (Å²) in [6, 6.07) is 8.30. The Morgan fingerprint density at radius 1 is 1.38 bits per heavy atom. The maximum atomic E-state index is 6.09. The third-order valence-electron chi connectivity index (χ3n) is 2.13. The number of hydrogen-bond acceptors (Lipinski definition) is 1. The monoisotopic (exact) mass is 212 g/mol. The van der Waals surface area contributed by atoms with Crippen molar-refractivity contribution in [2.24, 2.45) is 0 Å². The van der Waals surface area contributed by atoms with Gasteiger partial charge in [0.05, 0.1) is 6.04 Å². The molecule has 69 valence electrons. The van der Waals surface area contributed by atoms with E-state index >= 15 is 0 Å². The summed E-state index contributed by atoms with van der Waals surface area (Å²) in [6.07, 6.45) is 0. The molecular formula is C10H11ClNS. The highest BCUT2D eigenvalue weighted by molar-refractivity contribution is 7.99. The lowest BCUT2D eigenvalue weighted by atomic mass is 10.1. The van der Waals surface area contributed by atoms with Crippen LogP contribution in [0.4, 0.5) is 0 Å². The molecule has 0 aliphatic carbocycles. The molecule has 1 fully saturated rings. The molecule has 1 saturated heterocycles. The lowest BCUT2D eigenvalue weighted by molar-refractivity contribution is 0.581. The van der Waals surface area contributed by atoms with Gasteiger partial charge >= 0.3 is 0 Å². The molecule has 1 aromatic carbocycles. The van der Waals surface area contributed by atoms with Crippen molar-refractivity contribution in [1.29, 1.82) is 0 Å². The molecule has 0 bridgehead atoms. The fourth-order valence-electron chi connectivity index (χ4n) is 1.45. The molecule has 1 atom stereocenters. The molecule has 3 heteroatoms. The Kier molecular flexibility index (Phi) is 3.14. The van der Waals surface area contributed by atoms with Crippen LogP contribution in [0.15, 0.2) is 24.3 Å². The zero-order chi connectivity index (χ0) is 9.10. The van der Waals surface area contributed by atoms with Crippen LogP contribution >= 0.6 is 23.4 Å². The Morgan fingerprint density at radius 3 is 2.92 bits per heavy atom. The zero-order valence-electron chi connectivity index (χ0n) is 7.24. The Morgan fingerprint density at radius 2 is 2.23 bits per heavy atom. The van der Waals surface area contributed by atoms with E-state index in [2.05, 4.69) is 11.4 Å². The van der Waals surface area contributed by atoms with Crippen molar-refractivity contribution in [3.63, 3.8) is 0 Å². The first kappa shape index (κ1) is 9.38. The molecule has 1 aromatic rings. The van der Waals surface area contributed by atoms with Gasteiger partial charge in [0.2, 0.25) is 0 Å². The summed E-state index contributed by atoms with van der Waals surface area (Å²) in [4.78, 5) is 0. The minimum atomic E-state index is 0.312. The second kappa shape index (κ2) is 4.36. The maximum absolute atomic E-state index is 6.09. The summed E-state index contributed by atoms with van der Waals surface area (Å²) >= 11 is 8.04. The first-order chi connectivity index (χ1) is 6.38. The smallest absolute Gasteiger partial charge is 0.0600 e. The summed E-state index contributed by atoms with van der Waals surface area (Å²) in [5.41, 5.74) is 1.18. The van der Waals surface area contributed by atoms with Crippen LogP contribution in [-0.2, 0) is 0 Å². The van der Waals surface area contributed by atoms with Gasteiger partial charge in [-0.2, -0.15) is 11.8 Å². The van der Waals surface area contributed by atoms with Crippen molar-refractivity contribution < 1.29 is 0 Å². The van der Waals surface area contributed by atoms with Gasteiger partial charge in [0, 0.05) is 23.1 Å². The Hall–Kier alpha value is -0.180. The van der Waals surface area contributed by atoms with Crippen LogP contribution in [0.25, 0.3) is 0 Å². The highest BCUT2D eigenvalue weighted by Crippen LogP contribution is 2.28. The molecule has 2 rings (SSSR count). The summed E-state index contributed by atoms with van der Waals surface area (Å²) in [6.45, 7) is 0.959. The largest absolute Gasteiger partial charge is 0.232 e. The molecule has 1 aliphatic heterocycles. The second-order valence-electron chi connectivity index (χ2n) is 3.02. The van der Waals surface area contributed by atoms with Crippen molar-refractivity contribution in [2.75, 3.05) is 18.1 Å². The third kappa shape index (κ3) is 2.19. The zero-order valence-corrected chi connectivity index (χ0v) is 8.81. The van der Waals surface area contributed by atoms with E-state index in [4.69, 9.17) is 11.6 Å². The molecule has 1 heterocycles. The van der Waals surface area contributed by atoms with Crippen molar-refractivity contribution in [2.45, 2.75) is 6.04 Å². The van der Waals surface area contributed by atoms with Crippen LogP contribution < -0.4 is 5.32 Å². The topological polar surface area (TPSA) is 14.1 Å². The van der Waals surface area contributed by atoms with Crippen molar-refractivity contribution in [3.05, 3.63) is 34.9 Å². The Labute approximate surface area is 87.9 Å². The first-order valence-electron chi connectivity index (χ1n) is 4.37. The highest BCUT2D eigenvalue weighted by atomic mass is 35.5. The van der Waals surface area contributed by atoms with Crippen molar-refractivity contribution in [3.8, 4) is 0 Å². The Balaban J connectivity index is 2.18. The van der Waals surface area contributed by atoms with E-state index in [1.807, 2.05) is 30.0 Å². The molecule has 1 radical (unpaired) electrons. The van der Waals surface area contributed by atoms with E-state index in [-0.39, 0.29) is 0 Å². The minimum Gasteiger partial charge on any atom is -0.232 e. The van der Waals surface area contributed by atoms with Gasteiger partial charge in [-0.1, -0.05) is 29.8 Å². The molecular weight excluding hydrogens is 202 g/mol. The van der Waals surface area contributed by atoms with Crippen molar-refractivity contribution >= 4 is 23.4 Å². The average molecular weight is 213 g/mol. The molecule has 13 heavy (non-hydrogen) atoms. The number of thioether (sulfide) groups is 1. The highest BCUT2D eigenvalue weighted by Gasteiger charge is 2.17. The van der Waals surface area contributed by atoms with Crippen LogP contribution in [0.3, 0.4) is 0 Å². The van der Waals surface area contributed by atoms with Gasteiger partial charge in [-0.15, -0.1) is 0 Å². The summed E-state index contributed by atoms with van der Waals surface area (Å²) in [5, 5.41) is 5.40. The summed E-state index contributed by atoms with van der Waals surface area (Å²) < 4.78 is 0. The third-order valence-corrected chi connectivity index (χ3v) is 3.49. The first-order valence-corrected chi connectivity index (χ1v) is 5.90. The van der Waals surface area contributed by atoms with E-state index in [0.29, 0.717) is 6.04 Å². The van der Waals surface area contributed by atoms with E-state index in [0.717, 1.165) is 23.1 Å². The van der Waals surface area contributed by atoms with E-state index in [9.17, 15) is 0 Å². The number of nitrogens with zero attached hydrogens (tertiary/aromatic N) is 1. The van der Waals surface area contributed by atoms with Gasteiger partial charge in [-0.25, -0.2) is 5.32 Å². The molecule has 0 aromatic heterocycles. The molecule has 1 nitrogen and oxygen atoms in total. The van der Waals surface area contributed by atoms with E-state index in [1.165, 1.54) is 5.56 Å². The van der Waals surface area contributed by atoms with Gasteiger partial charge in [-0.05, 0) is 11.6 Å². The van der Waals surface area contributed by atoms with Gasteiger partial charge in [-0.3, -0.25) is 0 Å². The van der Waals surface area contributed by atoms with Crippen LogP contribution in [0, 0.1) is 0 Å². The van der Waals surface area contributed by atoms with E-state index in [1.54, 1.807) is 0 Å². The lowest BCUT2D eigenvalue weighted by Gasteiger charge is -2.22. The molecule has 0 saturated carbocycles. The van der Waals surface area contributed by atoms with Gasteiger partial charge in [0.15, 0.2) is 0 Å². The fraction of sp³-hybridized carbons (Fsp3) is 0.400. The van der Waals surface area contributed by atoms with Crippen LogP contribution in [0.1, 0.15) is 11.6 Å². The quantitative estimate of drug-likeness (QED) is 0.698. The molecule has 0 N–H and O–H groups in total. The molecule has 1 aliphatic rings. The number of benzene rings is 1. The molecule has 0 spiro atoms. The fourth-order valence-corrected chi connectivity index (χ4v) is 2.63. The van der Waals surface area contributed by atoms with Crippen LogP contribution in [-0.4, -0.2) is 18.1 Å². The Bertz CT molecular complexity index is 284. The number of halogens is 1. The summed E-state index contributed by atoms with van der Waals surface area (Å²) in [5.74, 6) is 2.23. The molecule has 0 amide bonds. The second-order valence-corrected chi connectivity index (χ2v) is 4.58. The number of hydrogen-bond donors (Lipinski definition) is 0. The standard InChI is InChI=1S/C10H11ClNS/c11-9-4-2-1-3-8(9)10-7-13-6-5-12-10/h1-4,10H,5-7H2. The SMILES string of the molecule is Clc1ccccc1C1CSCC[N]1. The summed E-state index contributed by atoms with van der Waals surface area (Å²) in [7, 11) is 0. The lowest BCUT2D eigenvalue weighted by Crippen LogP contribution is -2.24. The van der Waals surface area contributed by atoms with Crippen LogP contribution in [0.5, 0.6) is 0 Å². The normalized spacial score (nSPS) is 23.0. The van der Waals surface area contributed by atoms with Gasteiger partial charge in [0.25, 0.3) is 0 Å². The predicted octanol–water partition coefficient (Wildman–Crippen LogP) is 2.73. The predicted molar refractivity (Wildman–Crippen MR) is 58.5 cm³/mol. The van der Waals surface area contributed by atoms with Crippen LogP contribution in [0.2, 0.25) is 5.02 Å². The van der Waals surface area contributed by atoms with E-state index < -0.39 is 0 Å². The minimum absolute atomic E-state index is 0.312. The molecule has 1 unspecified atom stereocenters. The number of rotatable bonds is 1. The van der Waals surface area contributed by atoms with Gasteiger partial charge in [0.1, 0.15) is 0 Å². The average Bonchev–Trinajstić information content (AvgIpc) is 2.20. The maximum Gasteiger partial charge on any atom is 0.0600 e.